The van der Waals surface area contributed by atoms with E-state index >= 15 is 0 Å². The third-order valence-corrected chi connectivity index (χ3v) is 4.52. The predicted octanol–water partition coefficient (Wildman–Crippen LogP) is 0.0666. The molecule has 2 heterocycles. The number of rotatable bonds is 5. The Labute approximate surface area is 156 Å². The number of aromatic amines is 1. The van der Waals surface area contributed by atoms with Crippen LogP contribution in [-0.4, -0.2) is 49.0 Å². The molecule has 3 atom stereocenters. The minimum atomic E-state index is -3.80. The summed E-state index contributed by atoms with van der Waals surface area (Å²) in [5.74, 6) is -0.482. The number of esters is 1. The second-order valence-corrected chi connectivity index (χ2v) is 9.13. The third-order valence-electron chi connectivity index (χ3n) is 3.93. The van der Waals surface area contributed by atoms with Crippen molar-refractivity contribution in [2.45, 2.75) is 52.6 Å². The second kappa shape index (κ2) is 7.56. The van der Waals surface area contributed by atoms with Gasteiger partial charge in [-0.05, 0) is 27.7 Å². The number of aryl methyl sites for hydroxylation is 1. The summed E-state index contributed by atoms with van der Waals surface area (Å²) < 4.78 is 40.2. The minimum Gasteiger partial charge on any atom is -0.462 e. The van der Waals surface area contributed by atoms with E-state index in [2.05, 4.69) is 4.98 Å². The fourth-order valence-electron chi connectivity index (χ4n) is 2.52. The SMILES string of the molecule is Cc1cn(C2CC(OS(C)(=O)=O)C(COC(=O)C(C)(C)C)O2)c(=O)[nH]c1=O. The van der Waals surface area contributed by atoms with Gasteiger partial charge in [-0.2, -0.15) is 8.42 Å². The fourth-order valence-corrected chi connectivity index (χ4v) is 3.17. The predicted molar refractivity (Wildman–Crippen MR) is 94.7 cm³/mol. The molecule has 3 unspecified atom stereocenters. The van der Waals surface area contributed by atoms with E-state index in [0.717, 1.165) is 10.8 Å². The van der Waals surface area contributed by atoms with Crippen molar-refractivity contribution in [3.8, 4) is 0 Å². The highest BCUT2D eigenvalue weighted by Gasteiger charge is 2.41. The second-order valence-electron chi connectivity index (χ2n) is 7.53. The normalized spacial score (nSPS) is 23.4. The van der Waals surface area contributed by atoms with E-state index in [-0.39, 0.29) is 13.0 Å². The summed E-state index contributed by atoms with van der Waals surface area (Å²) in [6, 6.07) is 0. The van der Waals surface area contributed by atoms with Crippen LogP contribution >= 0.6 is 0 Å². The molecule has 11 heteroatoms. The molecule has 1 fully saturated rings. The lowest BCUT2D eigenvalue weighted by Gasteiger charge is -2.21. The van der Waals surface area contributed by atoms with Crippen LogP contribution in [0.2, 0.25) is 0 Å². The number of nitrogens with zero attached hydrogens (tertiary/aromatic N) is 1. The van der Waals surface area contributed by atoms with Crippen LogP contribution in [0.5, 0.6) is 0 Å². The van der Waals surface area contributed by atoms with E-state index in [4.69, 9.17) is 13.7 Å². The van der Waals surface area contributed by atoms with E-state index in [1.54, 1.807) is 20.8 Å². The molecule has 0 aromatic carbocycles. The number of hydrogen-bond donors (Lipinski definition) is 1. The van der Waals surface area contributed by atoms with Crippen molar-refractivity contribution < 1.29 is 26.9 Å². The Balaban J connectivity index is 2.24. The standard InChI is InChI=1S/C16H24N2O8S/c1-9-7-18(15(21)17-13(9)19)12-6-10(26-27(5,22)23)11(25-12)8-24-14(20)16(2,3)4/h7,10-12H,6,8H2,1-5H3,(H,17,19,21). The van der Waals surface area contributed by atoms with E-state index in [0.29, 0.717) is 5.56 Å². The van der Waals surface area contributed by atoms with Gasteiger partial charge in [-0.15, -0.1) is 0 Å². The third kappa shape index (κ3) is 5.50. The van der Waals surface area contributed by atoms with Gasteiger partial charge in [0.05, 0.1) is 11.7 Å². The number of hydrogen-bond acceptors (Lipinski definition) is 8. The molecule has 1 aliphatic heterocycles. The molecule has 1 aromatic heterocycles. The van der Waals surface area contributed by atoms with Crippen LogP contribution in [0.15, 0.2) is 15.8 Å². The van der Waals surface area contributed by atoms with Crippen LogP contribution in [0.3, 0.4) is 0 Å². The summed E-state index contributed by atoms with van der Waals surface area (Å²) in [4.78, 5) is 37.7. The van der Waals surface area contributed by atoms with Gasteiger partial charge in [0.15, 0.2) is 0 Å². The zero-order valence-electron chi connectivity index (χ0n) is 15.8. The molecule has 0 spiro atoms. The van der Waals surface area contributed by atoms with Crippen LogP contribution in [-0.2, 0) is 28.6 Å². The summed E-state index contributed by atoms with van der Waals surface area (Å²) in [7, 11) is -3.80. The molecule has 1 aliphatic rings. The zero-order valence-corrected chi connectivity index (χ0v) is 16.7. The molecule has 2 rings (SSSR count). The highest BCUT2D eigenvalue weighted by molar-refractivity contribution is 7.86. The van der Waals surface area contributed by atoms with Crippen molar-refractivity contribution in [1.82, 2.24) is 9.55 Å². The molecular formula is C16H24N2O8S. The van der Waals surface area contributed by atoms with Crippen LogP contribution < -0.4 is 11.2 Å². The zero-order chi connectivity index (χ0) is 20.6. The Morgan fingerprint density at radius 3 is 2.56 bits per heavy atom. The van der Waals surface area contributed by atoms with Crippen molar-refractivity contribution in [2.24, 2.45) is 5.41 Å². The number of carbonyl (C=O) groups excluding carboxylic acids is 1. The van der Waals surface area contributed by atoms with E-state index < -0.39 is 51.2 Å². The Morgan fingerprint density at radius 1 is 1.37 bits per heavy atom. The van der Waals surface area contributed by atoms with Crippen LogP contribution in [0, 0.1) is 12.3 Å². The average molecular weight is 404 g/mol. The van der Waals surface area contributed by atoms with Crippen LogP contribution in [0.25, 0.3) is 0 Å². The quantitative estimate of drug-likeness (QED) is 0.538. The molecule has 0 amide bonds. The van der Waals surface area contributed by atoms with Gasteiger partial charge in [0.1, 0.15) is 25.0 Å². The first kappa shape index (κ1) is 21.3. The Hall–Kier alpha value is -1.98. The molecule has 0 aliphatic carbocycles. The average Bonchev–Trinajstić information content (AvgIpc) is 2.88. The lowest BCUT2D eigenvalue weighted by molar-refractivity contribution is -0.158. The topological polar surface area (TPSA) is 134 Å². The smallest absolute Gasteiger partial charge is 0.330 e. The minimum absolute atomic E-state index is 0.0240. The van der Waals surface area contributed by atoms with Crippen molar-refractivity contribution >= 4 is 16.1 Å². The van der Waals surface area contributed by atoms with Gasteiger partial charge in [0.25, 0.3) is 15.7 Å². The van der Waals surface area contributed by atoms with Crippen molar-refractivity contribution in [3.05, 3.63) is 32.6 Å². The van der Waals surface area contributed by atoms with Gasteiger partial charge < -0.3 is 9.47 Å². The molecule has 27 heavy (non-hydrogen) atoms. The molecule has 10 nitrogen and oxygen atoms in total. The van der Waals surface area contributed by atoms with Crippen LogP contribution in [0.1, 0.15) is 39.0 Å². The monoisotopic (exact) mass is 404 g/mol. The molecular weight excluding hydrogens is 380 g/mol. The van der Waals surface area contributed by atoms with Gasteiger partial charge in [-0.3, -0.25) is 23.3 Å². The Kier molecular flexibility index (Phi) is 5.97. The first-order valence-corrected chi connectivity index (χ1v) is 10.1. The summed E-state index contributed by atoms with van der Waals surface area (Å²) in [5, 5.41) is 0. The van der Waals surface area contributed by atoms with E-state index in [1.807, 2.05) is 0 Å². The maximum absolute atomic E-state index is 12.1. The number of nitrogens with one attached hydrogen (secondary N) is 1. The first-order valence-electron chi connectivity index (χ1n) is 8.31. The molecule has 1 N–H and O–H groups in total. The van der Waals surface area contributed by atoms with Gasteiger partial charge in [-0.25, -0.2) is 4.79 Å². The van der Waals surface area contributed by atoms with Gasteiger partial charge in [0, 0.05) is 18.2 Å². The first-order chi connectivity index (χ1) is 12.3. The molecule has 0 bridgehead atoms. The fraction of sp³-hybridized carbons (Fsp3) is 0.688. The maximum Gasteiger partial charge on any atom is 0.330 e. The van der Waals surface area contributed by atoms with E-state index in [9.17, 15) is 22.8 Å². The summed E-state index contributed by atoms with van der Waals surface area (Å²) >= 11 is 0. The largest absolute Gasteiger partial charge is 0.462 e. The summed E-state index contributed by atoms with van der Waals surface area (Å²) in [5.41, 5.74) is -1.66. The summed E-state index contributed by atoms with van der Waals surface area (Å²) in [6.07, 6.45) is -0.469. The number of ether oxygens (including phenoxy) is 2. The Morgan fingerprint density at radius 2 is 2.00 bits per heavy atom. The molecule has 152 valence electrons. The highest BCUT2D eigenvalue weighted by Crippen LogP contribution is 2.31. The molecule has 1 saturated heterocycles. The summed E-state index contributed by atoms with van der Waals surface area (Å²) in [6.45, 7) is 6.34. The van der Waals surface area contributed by atoms with Gasteiger partial charge in [0.2, 0.25) is 0 Å². The van der Waals surface area contributed by atoms with Crippen molar-refractivity contribution in [2.75, 3.05) is 12.9 Å². The van der Waals surface area contributed by atoms with Crippen LogP contribution in [0.4, 0.5) is 0 Å². The highest BCUT2D eigenvalue weighted by atomic mass is 32.2. The molecule has 1 aromatic rings. The maximum atomic E-state index is 12.1. The number of aromatic nitrogens is 2. The van der Waals surface area contributed by atoms with Gasteiger partial charge >= 0.3 is 11.7 Å². The lowest BCUT2D eigenvalue weighted by Crippen LogP contribution is -2.34. The van der Waals surface area contributed by atoms with Gasteiger partial charge in [-0.1, -0.05) is 0 Å². The molecule has 0 radical (unpaired) electrons. The van der Waals surface area contributed by atoms with E-state index in [1.165, 1.54) is 13.1 Å². The Bertz CT molecular complexity index is 925. The number of carbonyl (C=O) groups is 1. The molecule has 0 saturated carbocycles. The van der Waals surface area contributed by atoms with Crippen molar-refractivity contribution in [3.63, 3.8) is 0 Å². The number of H-pyrrole nitrogens is 1. The van der Waals surface area contributed by atoms with Crippen molar-refractivity contribution in [1.29, 1.82) is 0 Å². The lowest BCUT2D eigenvalue weighted by atomic mass is 9.97.